The smallest absolute Gasteiger partial charge is 0.147 e. The molecule has 0 saturated carbocycles. The van der Waals surface area contributed by atoms with Crippen LogP contribution in [0.25, 0.3) is 11.3 Å². The number of rotatable bonds is 2. The second-order valence-corrected chi connectivity index (χ2v) is 8.20. The molecule has 5 rings (SSSR count). The van der Waals surface area contributed by atoms with E-state index in [9.17, 15) is 0 Å². The molecule has 1 N–H and O–H groups in total. The highest BCUT2D eigenvalue weighted by Gasteiger charge is 2.26. The van der Waals surface area contributed by atoms with E-state index in [1.807, 2.05) is 0 Å². The summed E-state index contributed by atoms with van der Waals surface area (Å²) in [5, 5.41) is 8.51. The predicted octanol–water partition coefficient (Wildman–Crippen LogP) is 5.52. The van der Waals surface area contributed by atoms with Crippen LogP contribution in [0.3, 0.4) is 0 Å². The van der Waals surface area contributed by atoms with E-state index in [-0.39, 0.29) is 6.17 Å². The number of fused-ring (bicyclic) bond motifs is 3. The quantitative estimate of drug-likeness (QED) is 0.643. The molecule has 1 saturated heterocycles. The molecule has 1 aromatic heterocycles. The van der Waals surface area contributed by atoms with Crippen molar-refractivity contribution in [3.8, 4) is 11.3 Å². The van der Waals surface area contributed by atoms with Gasteiger partial charge >= 0.3 is 0 Å². The topological polar surface area (TPSA) is 33.1 Å². The minimum Gasteiger partial charge on any atom is -0.372 e. The van der Waals surface area contributed by atoms with Gasteiger partial charge in [-0.15, -0.1) is 0 Å². The van der Waals surface area contributed by atoms with Crippen LogP contribution in [0.1, 0.15) is 48.7 Å². The lowest BCUT2D eigenvalue weighted by molar-refractivity contribution is 0.571. The van der Waals surface area contributed by atoms with Crippen LogP contribution in [0.15, 0.2) is 48.5 Å². The zero-order valence-electron chi connectivity index (χ0n) is 16.8. The van der Waals surface area contributed by atoms with E-state index in [1.165, 1.54) is 72.5 Å². The molecule has 28 heavy (non-hydrogen) atoms. The SMILES string of the molecule is Cc1ccc2c(c1)-c1cc(C)nn1C(c1ccc(N3CCCCCC3)cc1)N2. The average molecular weight is 373 g/mol. The largest absolute Gasteiger partial charge is 0.372 e. The Morgan fingerprint density at radius 3 is 2.39 bits per heavy atom. The second kappa shape index (κ2) is 7.01. The lowest BCUT2D eigenvalue weighted by atomic mass is 10.0. The van der Waals surface area contributed by atoms with E-state index in [0.717, 1.165) is 5.69 Å². The Labute approximate surface area is 167 Å². The van der Waals surface area contributed by atoms with Gasteiger partial charge in [0.1, 0.15) is 6.17 Å². The fraction of sp³-hybridized carbons (Fsp3) is 0.375. The zero-order valence-corrected chi connectivity index (χ0v) is 16.8. The highest BCUT2D eigenvalue weighted by atomic mass is 15.4. The third kappa shape index (κ3) is 3.07. The van der Waals surface area contributed by atoms with Crippen molar-refractivity contribution in [2.75, 3.05) is 23.3 Å². The van der Waals surface area contributed by atoms with Gasteiger partial charge in [0.15, 0.2) is 0 Å². The maximum Gasteiger partial charge on any atom is 0.147 e. The number of hydrogen-bond acceptors (Lipinski definition) is 3. The molecule has 4 nitrogen and oxygen atoms in total. The van der Waals surface area contributed by atoms with Gasteiger partial charge < -0.3 is 10.2 Å². The van der Waals surface area contributed by atoms with E-state index in [2.05, 4.69) is 77.3 Å². The normalized spacial score (nSPS) is 18.8. The molecule has 1 atom stereocenters. The van der Waals surface area contributed by atoms with Gasteiger partial charge in [0.05, 0.1) is 11.4 Å². The minimum absolute atomic E-state index is 0.0251. The molecule has 2 aromatic carbocycles. The van der Waals surface area contributed by atoms with Crippen LogP contribution in [0.4, 0.5) is 11.4 Å². The molecule has 4 heteroatoms. The first-order chi connectivity index (χ1) is 13.7. The summed E-state index contributed by atoms with van der Waals surface area (Å²) in [6.45, 7) is 6.56. The molecule has 0 amide bonds. The zero-order chi connectivity index (χ0) is 19.1. The van der Waals surface area contributed by atoms with Crippen molar-refractivity contribution in [3.05, 3.63) is 65.4 Å². The second-order valence-electron chi connectivity index (χ2n) is 8.20. The summed E-state index contributed by atoms with van der Waals surface area (Å²) in [5.41, 5.74) is 8.52. The fourth-order valence-electron chi connectivity index (χ4n) is 4.54. The number of nitrogens with one attached hydrogen (secondary N) is 1. The molecule has 1 fully saturated rings. The van der Waals surface area contributed by atoms with Crippen molar-refractivity contribution in [1.82, 2.24) is 9.78 Å². The molecule has 1 unspecified atom stereocenters. The summed E-state index contributed by atoms with van der Waals surface area (Å²) in [6, 6.07) is 17.9. The van der Waals surface area contributed by atoms with Gasteiger partial charge in [-0.05, 0) is 62.6 Å². The summed E-state index contributed by atoms with van der Waals surface area (Å²) < 4.78 is 2.14. The molecule has 144 valence electrons. The first-order valence-corrected chi connectivity index (χ1v) is 10.5. The third-order valence-electron chi connectivity index (χ3n) is 6.03. The molecule has 0 aliphatic carbocycles. The molecular formula is C24H28N4. The summed E-state index contributed by atoms with van der Waals surface area (Å²) in [6.07, 6.45) is 5.36. The van der Waals surface area contributed by atoms with Crippen LogP contribution in [0.5, 0.6) is 0 Å². The van der Waals surface area contributed by atoms with Crippen molar-refractivity contribution >= 4 is 11.4 Å². The molecule has 0 spiro atoms. The van der Waals surface area contributed by atoms with Crippen LogP contribution in [0.2, 0.25) is 0 Å². The Bertz CT molecular complexity index is 978. The summed E-state index contributed by atoms with van der Waals surface area (Å²) in [4.78, 5) is 2.53. The van der Waals surface area contributed by atoms with Crippen molar-refractivity contribution in [1.29, 1.82) is 0 Å². The monoisotopic (exact) mass is 372 g/mol. The van der Waals surface area contributed by atoms with Gasteiger partial charge in [-0.25, -0.2) is 4.68 Å². The highest BCUT2D eigenvalue weighted by Crippen LogP contribution is 2.39. The molecule has 0 radical (unpaired) electrons. The standard InChI is InChI=1S/C24H28N4/c1-17-7-12-22-21(15-17)23-16-18(2)26-28(23)24(25-22)19-8-10-20(11-9-19)27-13-5-3-4-6-14-27/h7-12,15-16,24-25H,3-6,13-14H2,1-2H3. The van der Waals surface area contributed by atoms with E-state index in [1.54, 1.807) is 0 Å². The predicted molar refractivity (Wildman–Crippen MR) is 116 cm³/mol. The van der Waals surface area contributed by atoms with Crippen molar-refractivity contribution in [3.63, 3.8) is 0 Å². The molecule has 3 heterocycles. The Kier molecular flexibility index (Phi) is 4.34. The van der Waals surface area contributed by atoms with Crippen molar-refractivity contribution in [2.24, 2.45) is 0 Å². The highest BCUT2D eigenvalue weighted by molar-refractivity contribution is 5.79. The molecule has 2 aliphatic rings. The van der Waals surface area contributed by atoms with E-state index < -0.39 is 0 Å². The molecule has 2 aliphatic heterocycles. The van der Waals surface area contributed by atoms with E-state index in [0.29, 0.717) is 0 Å². The number of anilines is 2. The third-order valence-corrected chi connectivity index (χ3v) is 6.03. The lowest BCUT2D eigenvalue weighted by Crippen LogP contribution is -2.26. The summed E-state index contributed by atoms with van der Waals surface area (Å²) >= 11 is 0. The Hall–Kier alpha value is -2.75. The number of nitrogens with zero attached hydrogens (tertiary/aromatic N) is 3. The van der Waals surface area contributed by atoms with Crippen LogP contribution in [-0.2, 0) is 0 Å². The van der Waals surface area contributed by atoms with Gasteiger partial charge in [-0.3, -0.25) is 0 Å². The van der Waals surface area contributed by atoms with Gasteiger partial charge in [-0.1, -0.05) is 36.6 Å². The number of benzene rings is 2. The van der Waals surface area contributed by atoms with Gasteiger partial charge in [-0.2, -0.15) is 5.10 Å². The maximum atomic E-state index is 4.81. The van der Waals surface area contributed by atoms with Crippen molar-refractivity contribution in [2.45, 2.75) is 45.7 Å². The average Bonchev–Trinajstić information content (AvgIpc) is 2.91. The Balaban J connectivity index is 1.48. The van der Waals surface area contributed by atoms with Crippen LogP contribution < -0.4 is 10.2 Å². The summed E-state index contributed by atoms with van der Waals surface area (Å²) in [7, 11) is 0. The van der Waals surface area contributed by atoms with Gasteiger partial charge in [0.2, 0.25) is 0 Å². The van der Waals surface area contributed by atoms with E-state index in [4.69, 9.17) is 5.10 Å². The van der Waals surface area contributed by atoms with Crippen LogP contribution >= 0.6 is 0 Å². The lowest BCUT2D eigenvalue weighted by Gasteiger charge is -2.30. The minimum atomic E-state index is 0.0251. The molecule has 0 bridgehead atoms. The number of hydrogen-bond donors (Lipinski definition) is 1. The van der Waals surface area contributed by atoms with E-state index >= 15 is 0 Å². The summed E-state index contributed by atoms with van der Waals surface area (Å²) in [5.74, 6) is 0. The maximum absolute atomic E-state index is 4.81. The molecule has 3 aromatic rings. The first-order valence-electron chi connectivity index (χ1n) is 10.5. The Morgan fingerprint density at radius 2 is 1.64 bits per heavy atom. The van der Waals surface area contributed by atoms with Gasteiger partial charge in [0.25, 0.3) is 0 Å². The first kappa shape index (κ1) is 17.4. The molecular weight excluding hydrogens is 344 g/mol. The number of aromatic nitrogens is 2. The fourth-order valence-corrected chi connectivity index (χ4v) is 4.54. The van der Waals surface area contributed by atoms with Gasteiger partial charge in [0, 0.05) is 30.0 Å². The Morgan fingerprint density at radius 1 is 0.893 bits per heavy atom. The van der Waals surface area contributed by atoms with Crippen molar-refractivity contribution < 1.29 is 0 Å². The number of aryl methyl sites for hydroxylation is 2. The van der Waals surface area contributed by atoms with Crippen LogP contribution in [0, 0.1) is 13.8 Å². The van der Waals surface area contributed by atoms with Crippen LogP contribution in [-0.4, -0.2) is 22.9 Å².